The standard InChI is InChI=1S/C11H20N2OS/c1-4-10-7-11(13(3)12-10)8-15-9(2)5-6-14/h7,9,14H,4-6,8H2,1-3H3. The van der Waals surface area contributed by atoms with Crippen LogP contribution in [0.2, 0.25) is 0 Å². The first kappa shape index (κ1) is 12.6. The van der Waals surface area contributed by atoms with E-state index < -0.39 is 0 Å². The fourth-order valence-corrected chi connectivity index (χ4v) is 2.37. The molecule has 0 saturated heterocycles. The van der Waals surface area contributed by atoms with E-state index in [1.165, 1.54) is 5.69 Å². The summed E-state index contributed by atoms with van der Waals surface area (Å²) < 4.78 is 1.96. The van der Waals surface area contributed by atoms with Crippen molar-refractivity contribution in [1.29, 1.82) is 0 Å². The van der Waals surface area contributed by atoms with Crippen molar-refractivity contribution in [3.63, 3.8) is 0 Å². The molecule has 1 unspecified atom stereocenters. The summed E-state index contributed by atoms with van der Waals surface area (Å²) in [7, 11) is 1.99. The van der Waals surface area contributed by atoms with Crippen LogP contribution < -0.4 is 0 Å². The molecule has 0 aromatic carbocycles. The molecule has 1 aromatic heterocycles. The Morgan fingerprint density at radius 1 is 1.60 bits per heavy atom. The Hall–Kier alpha value is -0.480. The van der Waals surface area contributed by atoms with Gasteiger partial charge in [-0.25, -0.2) is 0 Å². The Morgan fingerprint density at radius 3 is 2.87 bits per heavy atom. The molecule has 1 atom stereocenters. The number of rotatable bonds is 6. The van der Waals surface area contributed by atoms with Crippen molar-refractivity contribution in [2.24, 2.45) is 7.05 Å². The van der Waals surface area contributed by atoms with E-state index in [1.54, 1.807) is 0 Å². The maximum Gasteiger partial charge on any atom is 0.0624 e. The Labute approximate surface area is 95.9 Å². The van der Waals surface area contributed by atoms with E-state index in [0.29, 0.717) is 5.25 Å². The summed E-state index contributed by atoms with van der Waals surface area (Å²) in [6.07, 6.45) is 1.86. The normalized spacial score (nSPS) is 13.1. The van der Waals surface area contributed by atoms with Gasteiger partial charge in [-0.05, 0) is 18.9 Å². The van der Waals surface area contributed by atoms with Crippen LogP contribution in [0.25, 0.3) is 0 Å². The van der Waals surface area contributed by atoms with Gasteiger partial charge in [0.05, 0.1) is 5.69 Å². The third-order valence-corrected chi connectivity index (χ3v) is 3.71. The van der Waals surface area contributed by atoms with Crippen molar-refractivity contribution in [2.45, 2.75) is 37.7 Å². The van der Waals surface area contributed by atoms with Gasteiger partial charge in [0.15, 0.2) is 0 Å². The molecular formula is C11H20N2OS. The third kappa shape index (κ3) is 3.87. The zero-order chi connectivity index (χ0) is 11.3. The zero-order valence-electron chi connectivity index (χ0n) is 9.73. The number of hydrogen-bond donors (Lipinski definition) is 1. The largest absolute Gasteiger partial charge is 0.396 e. The molecule has 1 heterocycles. The van der Waals surface area contributed by atoms with Crippen LogP contribution in [0, 0.1) is 0 Å². The summed E-state index contributed by atoms with van der Waals surface area (Å²) in [6, 6.07) is 2.17. The molecule has 1 aromatic rings. The molecule has 4 heteroatoms. The van der Waals surface area contributed by atoms with Crippen molar-refractivity contribution in [3.05, 3.63) is 17.5 Å². The van der Waals surface area contributed by atoms with Crippen molar-refractivity contribution >= 4 is 11.8 Å². The average Bonchev–Trinajstić information content (AvgIpc) is 2.57. The first-order valence-corrected chi connectivity index (χ1v) is 6.46. The second kappa shape index (κ2) is 6.18. The highest BCUT2D eigenvalue weighted by atomic mass is 32.2. The summed E-state index contributed by atoms with van der Waals surface area (Å²) in [6.45, 7) is 4.55. The molecule has 15 heavy (non-hydrogen) atoms. The van der Waals surface area contributed by atoms with Gasteiger partial charge in [0.1, 0.15) is 0 Å². The topological polar surface area (TPSA) is 38.0 Å². The Morgan fingerprint density at radius 2 is 2.33 bits per heavy atom. The van der Waals surface area contributed by atoms with Crippen molar-refractivity contribution in [3.8, 4) is 0 Å². The minimum Gasteiger partial charge on any atom is -0.396 e. The summed E-state index contributed by atoms with van der Waals surface area (Å²) in [5.74, 6) is 0.977. The van der Waals surface area contributed by atoms with Crippen LogP contribution in [-0.4, -0.2) is 26.7 Å². The number of hydrogen-bond acceptors (Lipinski definition) is 3. The molecule has 0 aliphatic heterocycles. The number of thioether (sulfide) groups is 1. The van der Waals surface area contributed by atoms with Gasteiger partial charge in [-0.1, -0.05) is 13.8 Å². The highest BCUT2D eigenvalue weighted by molar-refractivity contribution is 7.99. The molecule has 3 nitrogen and oxygen atoms in total. The zero-order valence-corrected chi connectivity index (χ0v) is 10.5. The maximum atomic E-state index is 8.80. The molecule has 0 aliphatic rings. The van der Waals surface area contributed by atoms with E-state index in [1.807, 2.05) is 23.5 Å². The van der Waals surface area contributed by atoms with Crippen LogP contribution in [0.4, 0.5) is 0 Å². The van der Waals surface area contributed by atoms with Crippen LogP contribution in [0.3, 0.4) is 0 Å². The Bertz CT molecular complexity index is 299. The van der Waals surface area contributed by atoms with E-state index in [-0.39, 0.29) is 6.61 Å². The first-order valence-electron chi connectivity index (χ1n) is 5.41. The second-order valence-electron chi connectivity index (χ2n) is 3.74. The van der Waals surface area contributed by atoms with E-state index in [9.17, 15) is 0 Å². The van der Waals surface area contributed by atoms with Crippen molar-refractivity contribution in [1.82, 2.24) is 9.78 Å². The van der Waals surface area contributed by atoms with E-state index >= 15 is 0 Å². The molecule has 1 N–H and O–H groups in total. The molecule has 1 rings (SSSR count). The molecule has 0 radical (unpaired) electrons. The Kier molecular flexibility index (Phi) is 5.19. The van der Waals surface area contributed by atoms with Crippen LogP contribution in [0.1, 0.15) is 31.7 Å². The summed E-state index contributed by atoms with van der Waals surface area (Å²) in [5.41, 5.74) is 2.42. The average molecular weight is 228 g/mol. The fraction of sp³-hybridized carbons (Fsp3) is 0.727. The predicted molar refractivity (Wildman–Crippen MR) is 65.0 cm³/mol. The smallest absolute Gasteiger partial charge is 0.0624 e. The van der Waals surface area contributed by atoms with Gasteiger partial charge in [-0.2, -0.15) is 16.9 Å². The first-order chi connectivity index (χ1) is 7.17. The fourth-order valence-electron chi connectivity index (χ4n) is 1.37. The van der Waals surface area contributed by atoms with Crippen LogP contribution >= 0.6 is 11.8 Å². The molecule has 86 valence electrons. The van der Waals surface area contributed by atoms with Gasteiger partial charge >= 0.3 is 0 Å². The third-order valence-electron chi connectivity index (χ3n) is 2.44. The van der Waals surface area contributed by atoms with E-state index in [2.05, 4.69) is 25.0 Å². The molecule has 0 saturated carbocycles. The quantitative estimate of drug-likeness (QED) is 0.809. The van der Waals surface area contributed by atoms with Gasteiger partial charge < -0.3 is 5.11 Å². The second-order valence-corrected chi connectivity index (χ2v) is 5.16. The van der Waals surface area contributed by atoms with Gasteiger partial charge in [0, 0.05) is 30.4 Å². The Balaban J connectivity index is 2.46. The molecule has 0 amide bonds. The summed E-state index contributed by atoms with van der Waals surface area (Å²) in [5, 5.41) is 13.7. The SMILES string of the molecule is CCc1cc(CSC(C)CCO)n(C)n1. The van der Waals surface area contributed by atoms with E-state index in [4.69, 9.17) is 5.11 Å². The number of aromatic nitrogens is 2. The maximum absolute atomic E-state index is 8.80. The van der Waals surface area contributed by atoms with Crippen LogP contribution in [-0.2, 0) is 19.2 Å². The summed E-state index contributed by atoms with van der Waals surface area (Å²) >= 11 is 1.87. The lowest BCUT2D eigenvalue weighted by molar-refractivity contribution is 0.289. The molecule has 0 aliphatic carbocycles. The monoisotopic (exact) mass is 228 g/mol. The number of aliphatic hydroxyl groups is 1. The highest BCUT2D eigenvalue weighted by Gasteiger charge is 2.06. The minimum atomic E-state index is 0.278. The van der Waals surface area contributed by atoms with E-state index in [0.717, 1.165) is 24.3 Å². The van der Waals surface area contributed by atoms with Crippen molar-refractivity contribution in [2.75, 3.05) is 6.61 Å². The summed E-state index contributed by atoms with van der Waals surface area (Å²) in [4.78, 5) is 0. The molecule has 0 bridgehead atoms. The lowest BCUT2D eigenvalue weighted by Gasteiger charge is -2.08. The van der Waals surface area contributed by atoms with Crippen LogP contribution in [0.15, 0.2) is 6.07 Å². The minimum absolute atomic E-state index is 0.278. The van der Waals surface area contributed by atoms with Gasteiger partial charge in [0.25, 0.3) is 0 Å². The van der Waals surface area contributed by atoms with Gasteiger partial charge in [-0.3, -0.25) is 4.68 Å². The molecule has 0 fully saturated rings. The number of aliphatic hydroxyl groups excluding tert-OH is 1. The van der Waals surface area contributed by atoms with Gasteiger partial charge in [0.2, 0.25) is 0 Å². The van der Waals surface area contributed by atoms with Gasteiger partial charge in [-0.15, -0.1) is 0 Å². The highest BCUT2D eigenvalue weighted by Crippen LogP contribution is 2.20. The lowest BCUT2D eigenvalue weighted by Crippen LogP contribution is -2.02. The molecule has 0 spiro atoms. The lowest BCUT2D eigenvalue weighted by atomic mass is 10.3. The number of aryl methyl sites for hydroxylation is 2. The van der Waals surface area contributed by atoms with Crippen LogP contribution in [0.5, 0.6) is 0 Å². The predicted octanol–water partition coefficient (Wildman–Crippen LogP) is 1.99. The number of nitrogens with zero attached hydrogens (tertiary/aromatic N) is 2. The molecular weight excluding hydrogens is 208 g/mol. The van der Waals surface area contributed by atoms with Crippen molar-refractivity contribution < 1.29 is 5.11 Å².